The summed E-state index contributed by atoms with van der Waals surface area (Å²) in [7, 11) is 0. The minimum absolute atomic E-state index is 0.155. The van der Waals surface area contributed by atoms with Crippen LogP contribution < -0.4 is 5.32 Å². The Kier molecular flexibility index (Phi) is 6.25. The van der Waals surface area contributed by atoms with Crippen LogP contribution in [0.3, 0.4) is 0 Å². The van der Waals surface area contributed by atoms with Crippen LogP contribution in [0.25, 0.3) is 0 Å². The number of pyridine rings is 1. The average Bonchev–Trinajstić information content (AvgIpc) is 3.25. The highest BCUT2D eigenvalue weighted by Gasteiger charge is 2.26. The maximum atomic E-state index is 12.7. The smallest absolute Gasteiger partial charge is 0.409 e. The zero-order valence-corrected chi connectivity index (χ0v) is 15.6. The lowest BCUT2D eigenvalue weighted by Gasteiger charge is -2.34. The van der Waals surface area contributed by atoms with E-state index in [1.54, 1.807) is 34.9 Å². The van der Waals surface area contributed by atoms with Crippen LogP contribution in [0.15, 0.2) is 41.1 Å². The minimum Gasteiger partial charge on any atom is -0.467 e. The number of carbonyl (C=O) groups is 3. The molecule has 0 aliphatic carbocycles. The van der Waals surface area contributed by atoms with Crippen molar-refractivity contribution in [2.24, 2.45) is 0 Å². The fourth-order valence-electron chi connectivity index (χ4n) is 2.85. The summed E-state index contributed by atoms with van der Waals surface area (Å²) in [5.41, 5.74) is 0.533. The molecule has 9 nitrogen and oxygen atoms in total. The van der Waals surface area contributed by atoms with E-state index in [0.29, 0.717) is 44.1 Å². The lowest BCUT2D eigenvalue weighted by atomic mass is 10.1. The standard InChI is InChI=1S/C19H22N4O5/c1-2-27-19(26)23-9-7-22(8-10-23)18(25)14-5-6-20-16(12-14)17(24)21-13-15-4-3-11-28-15/h3-6,11-12H,2,7-10,13H2,1H3,(H,21,24). The Morgan fingerprint density at radius 1 is 1.18 bits per heavy atom. The monoisotopic (exact) mass is 386 g/mol. The zero-order chi connectivity index (χ0) is 19.9. The molecule has 2 aromatic heterocycles. The number of nitrogens with one attached hydrogen (secondary N) is 1. The lowest BCUT2D eigenvalue weighted by molar-refractivity contribution is 0.0570. The summed E-state index contributed by atoms with van der Waals surface area (Å²) in [4.78, 5) is 44.0. The molecule has 1 N–H and O–H groups in total. The van der Waals surface area contributed by atoms with Crippen molar-refractivity contribution in [3.8, 4) is 0 Å². The van der Waals surface area contributed by atoms with Gasteiger partial charge in [-0.25, -0.2) is 4.79 Å². The SMILES string of the molecule is CCOC(=O)N1CCN(C(=O)c2ccnc(C(=O)NCc3ccco3)c2)CC1. The highest BCUT2D eigenvalue weighted by atomic mass is 16.6. The number of ether oxygens (including phenoxy) is 1. The molecule has 0 aromatic carbocycles. The maximum absolute atomic E-state index is 12.7. The van der Waals surface area contributed by atoms with Gasteiger partial charge < -0.3 is 24.3 Å². The Morgan fingerprint density at radius 2 is 1.93 bits per heavy atom. The molecule has 1 fully saturated rings. The van der Waals surface area contributed by atoms with Crippen molar-refractivity contribution in [3.63, 3.8) is 0 Å². The highest BCUT2D eigenvalue weighted by molar-refractivity contribution is 5.98. The predicted octanol–water partition coefficient (Wildman–Crippen LogP) is 1.52. The van der Waals surface area contributed by atoms with E-state index in [-0.39, 0.29) is 24.2 Å². The Labute approximate surface area is 162 Å². The van der Waals surface area contributed by atoms with Gasteiger partial charge in [0.15, 0.2) is 0 Å². The van der Waals surface area contributed by atoms with Crippen molar-refractivity contribution >= 4 is 17.9 Å². The first-order chi connectivity index (χ1) is 13.6. The number of aromatic nitrogens is 1. The molecule has 0 bridgehead atoms. The number of carbonyl (C=O) groups excluding carboxylic acids is 3. The van der Waals surface area contributed by atoms with E-state index < -0.39 is 5.91 Å². The van der Waals surface area contributed by atoms with E-state index in [2.05, 4.69) is 10.3 Å². The second kappa shape index (κ2) is 9.03. The molecule has 9 heteroatoms. The number of rotatable bonds is 5. The molecule has 3 rings (SSSR count). The predicted molar refractivity (Wildman–Crippen MR) is 98.6 cm³/mol. The average molecular weight is 386 g/mol. The fraction of sp³-hybridized carbons (Fsp3) is 0.368. The third kappa shape index (κ3) is 4.67. The van der Waals surface area contributed by atoms with E-state index in [1.807, 2.05) is 0 Å². The summed E-state index contributed by atoms with van der Waals surface area (Å²) in [5.74, 6) is 0.0317. The summed E-state index contributed by atoms with van der Waals surface area (Å²) in [6.07, 6.45) is 2.60. The topological polar surface area (TPSA) is 105 Å². The van der Waals surface area contributed by atoms with Gasteiger partial charge in [0.25, 0.3) is 11.8 Å². The Morgan fingerprint density at radius 3 is 2.61 bits per heavy atom. The molecule has 3 heterocycles. The van der Waals surface area contributed by atoms with Gasteiger partial charge in [-0.05, 0) is 31.2 Å². The fourth-order valence-corrected chi connectivity index (χ4v) is 2.85. The summed E-state index contributed by atoms with van der Waals surface area (Å²) in [5, 5.41) is 2.70. The second-order valence-electron chi connectivity index (χ2n) is 6.17. The Balaban J connectivity index is 1.58. The van der Waals surface area contributed by atoms with Crippen LogP contribution in [-0.4, -0.2) is 65.5 Å². The molecule has 0 saturated carbocycles. The summed E-state index contributed by atoms with van der Waals surface area (Å²) in [6.45, 7) is 3.93. The maximum Gasteiger partial charge on any atom is 0.409 e. The van der Waals surface area contributed by atoms with Gasteiger partial charge in [0.1, 0.15) is 11.5 Å². The Bertz CT molecular complexity index is 829. The van der Waals surface area contributed by atoms with Crippen LogP contribution in [0.4, 0.5) is 4.79 Å². The van der Waals surface area contributed by atoms with Crippen molar-refractivity contribution in [2.75, 3.05) is 32.8 Å². The van der Waals surface area contributed by atoms with Crippen molar-refractivity contribution in [1.82, 2.24) is 20.1 Å². The molecule has 0 atom stereocenters. The first kappa shape index (κ1) is 19.4. The number of amides is 3. The van der Waals surface area contributed by atoms with Crippen molar-refractivity contribution in [2.45, 2.75) is 13.5 Å². The Hall–Kier alpha value is -3.36. The van der Waals surface area contributed by atoms with Gasteiger partial charge in [-0.1, -0.05) is 0 Å². The van der Waals surface area contributed by atoms with Gasteiger partial charge in [0.05, 0.1) is 19.4 Å². The third-order valence-electron chi connectivity index (χ3n) is 4.34. The van der Waals surface area contributed by atoms with Crippen molar-refractivity contribution < 1.29 is 23.5 Å². The summed E-state index contributed by atoms with van der Waals surface area (Å²) >= 11 is 0. The molecule has 28 heavy (non-hydrogen) atoms. The molecule has 0 radical (unpaired) electrons. The molecule has 2 aromatic rings. The molecule has 1 aliphatic rings. The van der Waals surface area contributed by atoms with Crippen LogP contribution in [0.2, 0.25) is 0 Å². The van der Waals surface area contributed by atoms with E-state index in [1.165, 1.54) is 18.5 Å². The number of hydrogen-bond acceptors (Lipinski definition) is 6. The normalized spacial score (nSPS) is 13.9. The number of hydrogen-bond donors (Lipinski definition) is 1. The molecule has 148 valence electrons. The van der Waals surface area contributed by atoms with Gasteiger partial charge in [0.2, 0.25) is 0 Å². The number of nitrogens with zero attached hydrogens (tertiary/aromatic N) is 3. The van der Waals surface area contributed by atoms with Crippen LogP contribution in [0.5, 0.6) is 0 Å². The molecular weight excluding hydrogens is 364 g/mol. The molecule has 3 amide bonds. The van der Waals surface area contributed by atoms with E-state index >= 15 is 0 Å². The van der Waals surface area contributed by atoms with Gasteiger partial charge >= 0.3 is 6.09 Å². The summed E-state index contributed by atoms with van der Waals surface area (Å²) < 4.78 is 10.1. The lowest BCUT2D eigenvalue weighted by Crippen LogP contribution is -2.50. The van der Waals surface area contributed by atoms with Crippen LogP contribution in [0.1, 0.15) is 33.5 Å². The van der Waals surface area contributed by atoms with Crippen LogP contribution >= 0.6 is 0 Å². The number of furan rings is 1. The molecular formula is C19H22N4O5. The van der Waals surface area contributed by atoms with E-state index in [0.717, 1.165) is 0 Å². The van der Waals surface area contributed by atoms with E-state index in [4.69, 9.17) is 9.15 Å². The summed E-state index contributed by atoms with van der Waals surface area (Å²) in [6, 6.07) is 6.53. The van der Waals surface area contributed by atoms with Gasteiger partial charge in [-0.2, -0.15) is 0 Å². The second-order valence-corrected chi connectivity index (χ2v) is 6.17. The molecule has 1 aliphatic heterocycles. The first-order valence-corrected chi connectivity index (χ1v) is 9.06. The van der Waals surface area contributed by atoms with E-state index in [9.17, 15) is 14.4 Å². The molecule has 1 saturated heterocycles. The molecule has 0 unspecified atom stereocenters. The largest absolute Gasteiger partial charge is 0.467 e. The van der Waals surface area contributed by atoms with Gasteiger partial charge in [-0.3, -0.25) is 14.6 Å². The zero-order valence-electron chi connectivity index (χ0n) is 15.6. The number of piperazine rings is 1. The van der Waals surface area contributed by atoms with Crippen LogP contribution in [-0.2, 0) is 11.3 Å². The quantitative estimate of drug-likeness (QED) is 0.835. The molecule has 0 spiro atoms. The van der Waals surface area contributed by atoms with Crippen molar-refractivity contribution in [1.29, 1.82) is 0 Å². The minimum atomic E-state index is -0.391. The highest BCUT2D eigenvalue weighted by Crippen LogP contribution is 2.11. The first-order valence-electron chi connectivity index (χ1n) is 9.06. The van der Waals surface area contributed by atoms with Crippen molar-refractivity contribution in [3.05, 3.63) is 53.7 Å². The third-order valence-corrected chi connectivity index (χ3v) is 4.34. The van der Waals surface area contributed by atoms with Gasteiger partial charge in [-0.15, -0.1) is 0 Å². The van der Waals surface area contributed by atoms with Gasteiger partial charge in [0, 0.05) is 37.9 Å². The van der Waals surface area contributed by atoms with Crippen LogP contribution in [0, 0.1) is 0 Å².